The molecule has 23 heavy (non-hydrogen) atoms. The molecule has 0 radical (unpaired) electrons. The molecule has 3 rings (SSSR count). The Labute approximate surface area is 137 Å². The number of aliphatic hydroxyl groups is 1. The van der Waals surface area contributed by atoms with Crippen LogP contribution in [-0.2, 0) is 13.1 Å². The summed E-state index contributed by atoms with van der Waals surface area (Å²) in [5, 5.41) is 19.5. The monoisotopic (exact) mass is 334 g/mol. The number of aromatic nitrogens is 6. The summed E-state index contributed by atoms with van der Waals surface area (Å²) in [6.07, 6.45) is 5.87. The van der Waals surface area contributed by atoms with Crippen LogP contribution in [-0.4, -0.2) is 46.8 Å². The van der Waals surface area contributed by atoms with E-state index in [1.165, 1.54) is 34.7 Å². The van der Waals surface area contributed by atoms with E-state index < -0.39 is 5.60 Å². The molecule has 0 saturated heterocycles. The lowest BCUT2D eigenvalue weighted by Gasteiger charge is -2.27. The lowest BCUT2D eigenvalue weighted by molar-refractivity contribution is -0.0378. The van der Waals surface area contributed by atoms with Gasteiger partial charge in [0.15, 0.2) is 0 Å². The number of benzene rings is 1. The molecule has 1 aromatic carbocycles. The van der Waals surface area contributed by atoms with Gasteiger partial charge in [0.05, 0.1) is 18.1 Å². The fourth-order valence-electron chi connectivity index (χ4n) is 2.15. The van der Waals surface area contributed by atoms with Gasteiger partial charge in [-0.2, -0.15) is 10.2 Å². The van der Waals surface area contributed by atoms with Crippen LogP contribution >= 0.6 is 11.6 Å². The Morgan fingerprint density at radius 1 is 1.04 bits per heavy atom. The minimum absolute atomic E-state index is 0.0104. The van der Waals surface area contributed by atoms with Crippen molar-refractivity contribution in [3.8, 4) is 5.75 Å². The highest BCUT2D eigenvalue weighted by Crippen LogP contribution is 2.24. The molecule has 0 aliphatic rings. The molecular weight excluding hydrogens is 320 g/mol. The fourth-order valence-corrected chi connectivity index (χ4v) is 2.34. The van der Waals surface area contributed by atoms with Gasteiger partial charge in [-0.3, -0.25) is 0 Å². The zero-order chi connectivity index (χ0) is 16.1. The molecule has 0 spiro atoms. The minimum atomic E-state index is -1.26. The fraction of sp³-hybridized carbons (Fsp3) is 0.286. The molecule has 120 valence electrons. The molecule has 0 aliphatic carbocycles. The molecule has 0 unspecified atom stereocenters. The quantitative estimate of drug-likeness (QED) is 0.694. The average Bonchev–Trinajstić information content (AvgIpc) is 3.20. The highest BCUT2D eigenvalue weighted by molar-refractivity contribution is 6.32. The third-order valence-corrected chi connectivity index (χ3v) is 3.49. The summed E-state index contributed by atoms with van der Waals surface area (Å²) in [5.41, 5.74) is -1.26. The molecule has 2 heterocycles. The van der Waals surface area contributed by atoms with Gasteiger partial charge in [-0.25, -0.2) is 19.3 Å². The molecule has 0 bridgehead atoms. The van der Waals surface area contributed by atoms with Gasteiger partial charge in [-0.05, 0) is 12.1 Å². The van der Waals surface area contributed by atoms with Crippen LogP contribution in [0.1, 0.15) is 0 Å². The molecule has 0 saturated carbocycles. The van der Waals surface area contributed by atoms with Gasteiger partial charge < -0.3 is 9.84 Å². The van der Waals surface area contributed by atoms with Crippen molar-refractivity contribution in [2.45, 2.75) is 18.7 Å². The molecule has 0 amide bonds. The first-order chi connectivity index (χ1) is 11.1. The molecule has 2 aromatic heterocycles. The predicted octanol–water partition coefficient (Wildman–Crippen LogP) is 1.03. The summed E-state index contributed by atoms with van der Waals surface area (Å²) < 4.78 is 8.76. The largest absolute Gasteiger partial charge is 0.489 e. The lowest BCUT2D eigenvalue weighted by Crippen LogP contribution is -2.44. The van der Waals surface area contributed by atoms with E-state index in [-0.39, 0.29) is 19.7 Å². The number of hydrogen-bond donors (Lipinski definition) is 1. The second kappa shape index (κ2) is 6.76. The third kappa shape index (κ3) is 4.05. The Balaban J connectivity index is 1.75. The number of ether oxygens (including phenoxy) is 1. The molecule has 0 aliphatic heterocycles. The minimum Gasteiger partial charge on any atom is -0.489 e. The Morgan fingerprint density at radius 3 is 2.17 bits per heavy atom. The normalized spacial score (nSPS) is 11.6. The third-order valence-electron chi connectivity index (χ3n) is 3.18. The predicted molar refractivity (Wildman–Crippen MR) is 81.9 cm³/mol. The SMILES string of the molecule is OC(COc1ccccc1Cl)(Cn1cncn1)Cn1cncn1. The molecule has 8 nitrogen and oxygen atoms in total. The Hall–Kier alpha value is -2.45. The second-order valence-electron chi connectivity index (χ2n) is 5.13. The first-order valence-electron chi connectivity index (χ1n) is 6.89. The summed E-state index contributed by atoms with van der Waals surface area (Å²) in [6, 6.07) is 7.10. The van der Waals surface area contributed by atoms with Crippen LogP contribution in [0.5, 0.6) is 5.75 Å². The number of para-hydroxylation sites is 1. The first-order valence-corrected chi connectivity index (χ1v) is 7.27. The van der Waals surface area contributed by atoms with Crippen molar-refractivity contribution in [2.24, 2.45) is 0 Å². The van der Waals surface area contributed by atoms with E-state index in [0.717, 1.165) is 0 Å². The summed E-state index contributed by atoms with van der Waals surface area (Å²) in [6.45, 7) is 0.394. The second-order valence-corrected chi connectivity index (χ2v) is 5.54. The number of halogens is 1. The van der Waals surface area contributed by atoms with E-state index in [2.05, 4.69) is 20.2 Å². The van der Waals surface area contributed by atoms with E-state index in [9.17, 15) is 5.11 Å². The molecule has 1 N–H and O–H groups in total. The van der Waals surface area contributed by atoms with Gasteiger partial charge >= 0.3 is 0 Å². The Kier molecular flexibility index (Phi) is 4.54. The summed E-state index contributed by atoms with van der Waals surface area (Å²) in [5.74, 6) is 0.504. The van der Waals surface area contributed by atoms with Crippen LogP contribution in [0, 0.1) is 0 Å². The summed E-state index contributed by atoms with van der Waals surface area (Å²) in [4.78, 5) is 7.76. The van der Waals surface area contributed by atoms with Crippen molar-refractivity contribution in [2.75, 3.05) is 6.61 Å². The number of rotatable bonds is 7. The maximum atomic E-state index is 11.0. The number of nitrogens with zero attached hydrogens (tertiary/aromatic N) is 6. The van der Waals surface area contributed by atoms with E-state index in [1.807, 2.05) is 12.1 Å². The van der Waals surface area contributed by atoms with Gasteiger partial charge in [0.1, 0.15) is 43.3 Å². The smallest absolute Gasteiger partial charge is 0.138 e. The van der Waals surface area contributed by atoms with E-state index in [1.54, 1.807) is 12.1 Å². The zero-order valence-electron chi connectivity index (χ0n) is 12.2. The standard InChI is InChI=1S/C14H15ClN6O2/c15-12-3-1-2-4-13(12)23-7-14(22,5-20-10-16-8-18-20)6-21-11-17-9-19-21/h1-4,8-11,22H,5-7H2. The van der Waals surface area contributed by atoms with E-state index >= 15 is 0 Å². The van der Waals surface area contributed by atoms with Crippen molar-refractivity contribution >= 4 is 11.6 Å². The van der Waals surface area contributed by atoms with Gasteiger partial charge in [0, 0.05) is 0 Å². The average molecular weight is 335 g/mol. The van der Waals surface area contributed by atoms with Crippen molar-refractivity contribution in [3.05, 3.63) is 54.6 Å². The van der Waals surface area contributed by atoms with Crippen molar-refractivity contribution < 1.29 is 9.84 Å². The molecule has 0 atom stereocenters. The van der Waals surface area contributed by atoms with Crippen molar-refractivity contribution in [3.63, 3.8) is 0 Å². The van der Waals surface area contributed by atoms with Gasteiger partial charge in [0.25, 0.3) is 0 Å². The number of hydrogen-bond acceptors (Lipinski definition) is 6. The highest BCUT2D eigenvalue weighted by Gasteiger charge is 2.31. The van der Waals surface area contributed by atoms with Crippen molar-refractivity contribution in [1.29, 1.82) is 0 Å². The summed E-state index contributed by atoms with van der Waals surface area (Å²) in [7, 11) is 0. The highest BCUT2D eigenvalue weighted by atomic mass is 35.5. The zero-order valence-corrected chi connectivity index (χ0v) is 12.9. The Morgan fingerprint density at radius 2 is 1.65 bits per heavy atom. The van der Waals surface area contributed by atoms with Crippen LogP contribution in [0.25, 0.3) is 0 Å². The van der Waals surface area contributed by atoms with Gasteiger partial charge in [-0.1, -0.05) is 23.7 Å². The molecule has 9 heteroatoms. The molecular formula is C14H15ClN6O2. The molecule has 3 aromatic rings. The van der Waals surface area contributed by atoms with Gasteiger partial charge in [0.2, 0.25) is 0 Å². The van der Waals surface area contributed by atoms with Crippen LogP contribution in [0.15, 0.2) is 49.6 Å². The van der Waals surface area contributed by atoms with Crippen LogP contribution in [0.3, 0.4) is 0 Å². The van der Waals surface area contributed by atoms with E-state index in [4.69, 9.17) is 16.3 Å². The Bertz CT molecular complexity index is 695. The topological polar surface area (TPSA) is 90.9 Å². The maximum Gasteiger partial charge on any atom is 0.138 e. The van der Waals surface area contributed by atoms with Crippen LogP contribution in [0.2, 0.25) is 5.02 Å². The molecule has 0 fully saturated rings. The lowest BCUT2D eigenvalue weighted by atomic mass is 10.1. The maximum absolute atomic E-state index is 11.0. The van der Waals surface area contributed by atoms with Crippen LogP contribution in [0.4, 0.5) is 0 Å². The van der Waals surface area contributed by atoms with Gasteiger partial charge in [-0.15, -0.1) is 0 Å². The van der Waals surface area contributed by atoms with E-state index in [0.29, 0.717) is 10.8 Å². The first kappa shape index (κ1) is 15.4. The van der Waals surface area contributed by atoms with Crippen molar-refractivity contribution in [1.82, 2.24) is 29.5 Å². The van der Waals surface area contributed by atoms with Crippen LogP contribution < -0.4 is 4.74 Å². The summed E-state index contributed by atoms with van der Waals surface area (Å²) >= 11 is 6.08.